The molecule has 1 amide bonds. The molecular formula is C19H20FN3O5. The lowest BCUT2D eigenvalue weighted by molar-refractivity contribution is -0.384. The fourth-order valence-corrected chi connectivity index (χ4v) is 2.92. The number of fused-ring (bicyclic) bond motifs is 1. The van der Waals surface area contributed by atoms with Crippen LogP contribution in [0.3, 0.4) is 0 Å². The van der Waals surface area contributed by atoms with Crippen LogP contribution in [0.15, 0.2) is 30.3 Å². The second-order valence-electron chi connectivity index (χ2n) is 6.57. The van der Waals surface area contributed by atoms with Crippen LogP contribution in [0.1, 0.15) is 28.9 Å². The summed E-state index contributed by atoms with van der Waals surface area (Å²) < 4.78 is 25.4. The Labute approximate surface area is 161 Å². The van der Waals surface area contributed by atoms with Crippen molar-refractivity contribution < 1.29 is 23.6 Å². The lowest BCUT2D eigenvalue weighted by Gasteiger charge is -2.21. The third kappa shape index (κ3) is 3.83. The van der Waals surface area contributed by atoms with E-state index in [1.54, 1.807) is 39.2 Å². The number of anilines is 1. The third-order valence-electron chi connectivity index (χ3n) is 4.40. The smallest absolute Gasteiger partial charge is 0.293 e. The quantitative estimate of drug-likeness (QED) is 0.624. The molecule has 0 bridgehead atoms. The van der Waals surface area contributed by atoms with Gasteiger partial charge in [-0.25, -0.2) is 4.39 Å². The molecule has 1 aliphatic heterocycles. The lowest BCUT2D eigenvalue weighted by Crippen LogP contribution is -2.28. The van der Waals surface area contributed by atoms with Crippen LogP contribution in [0.4, 0.5) is 15.8 Å². The average molecular weight is 389 g/mol. The molecule has 0 aliphatic carbocycles. The highest BCUT2D eigenvalue weighted by molar-refractivity contribution is 5.96. The van der Waals surface area contributed by atoms with E-state index >= 15 is 0 Å². The number of nitrogens with one attached hydrogen (secondary N) is 1. The second-order valence-corrected chi connectivity index (χ2v) is 6.57. The van der Waals surface area contributed by atoms with Crippen LogP contribution >= 0.6 is 0 Å². The van der Waals surface area contributed by atoms with Crippen molar-refractivity contribution in [1.82, 2.24) is 5.32 Å². The van der Waals surface area contributed by atoms with Crippen LogP contribution in [0.5, 0.6) is 11.5 Å². The zero-order valence-electron chi connectivity index (χ0n) is 15.7. The Kier molecular flexibility index (Phi) is 5.34. The van der Waals surface area contributed by atoms with Crippen molar-refractivity contribution in [2.75, 3.05) is 32.2 Å². The second kappa shape index (κ2) is 7.71. The summed E-state index contributed by atoms with van der Waals surface area (Å²) in [6.45, 7) is 2.63. The molecule has 1 aliphatic rings. The number of benzene rings is 2. The van der Waals surface area contributed by atoms with Gasteiger partial charge in [-0.15, -0.1) is 0 Å². The number of hydrogen-bond donors (Lipinski definition) is 1. The minimum atomic E-state index is -0.832. The predicted octanol–water partition coefficient (Wildman–Crippen LogP) is 3.06. The van der Waals surface area contributed by atoms with E-state index in [1.807, 2.05) is 0 Å². The zero-order chi connectivity index (χ0) is 20.4. The van der Waals surface area contributed by atoms with Crippen molar-refractivity contribution >= 4 is 17.3 Å². The number of ether oxygens (including phenoxy) is 2. The Bertz CT molecular complexity index is 932. The number of nitro groups is 1. The molecule has 1 N–H and O–H groups in total. The highest BCUT2D eigenvalue weighted by Crippen LogP contribution is 2.33. The van der Waals surface area contributed by atoms with Crippen LogP contribution in [-0.2, 0) is 0 Å². The molecule has 9 heteroatoms. The van der Waals surface area contributed by atoms with Gasteiger partial charge >= 0.3 is 0 Å². The minimum Gasteiger partial charge on any atom is -0.486 e. The van der Waals surface area contributed by atoms with E-state index in [0.29, 0.717) is 24.7 Å². The van der Waals surface area contributed by atoms with Gasteiger partial charge in [-0.05, 0) is 24.6 Å². The van der Waals surface area contributed by atoms with Crippen molar-refractivity contribution in [2.24, 2.45) is 0 Å². The van der Waals surface area contributed by atoms with Crippen molar-refractivity contribution in [3.63, 3.8) is 0 Å². The van der Waals surface area contributed by atoms with E-state index in [1.165, 1.54) is 4.90 Å². The Morgan fingerprint density at radius 2 is 1.89 bits per heavy atom. The maximum absolute atomic E-state index is 14.4. The summed E-state index contributed by atoms with van der Waals surface area (Å²) in [6.07, 6.45) is 0. The molecule has 1 heterocycles. The summed E-state index contributed by atoms with van der Waals surface area (Å²) in [5.74, 6) is -0.383. The van der Waals surface area contributed by atoms with Crippen molar-refractivity contribution in [1.29, 1.82) is 0 Å². The Balaban J connectivity index is 1.84. The van der Waals surface area contributed by atoms with Crippen LogP contribution in [0.25, 0.3) is 0 Å². The van der Waals surface area contributed by atoms with Gasteiger partial charge < -0.3 is 19.7 Å². The maximum Gasteiger partial charge on any atom is 0.293 e. The topological polar surface area (TPSA) is 93.9 Å². The molecule has 0 saturated carbocycles. The summed E-state index contributed by atoms with van der Waals surface area (Å²) in [5, 5.41) is 14.0. The number of nitro benzene ring substituents is 1. The fraction of sp³-hybridized carbons (Fsp3) is 0.316. The number of amides is 1. The van der Waals surface area contributed by atoms with Crippen molar-refractivity contribution in [3.8, 4) is 11.5 Å². The Hall–Kier alpha value is -3.36. The number of rotatable bonds is 5. The summed E-state index contributed by atoms with van der Waals surface area (Å²) in [6, 6.07) is 6.72. The van der Waals surface area contributed by atoms with Crippen LogP contribution < -0.4 is 19.7 Å². The van der Waals surface area contributed by atoms with E-state index in [4.69, 9.17) is 9.47 Å². The number of halogens is 1. The third-order valence-corrected chi connectivity index (χ3v) is 4.40. The molecule has 0 saturated heterocycles. The number of nitrogens with zero attached hydrogens (tertiary/aromatic N) is 2. The van der Waals surface area contributed by atoms with Gasteiger partial charge in [0.1, 0.15) is 24.7 Å². The van der Waals surface area contributed by atoms with Gasteiger partial charge in [0.25, 0.3) is 11.6 Å². The highest BCUT2D eigenvalue weighted by Gasteiger charge is 2.24. The van der Waals surface area contributed by atoms with Gasteiger partial charge in [0, 0.05) is 26.2 Å². The molecule has 0 spiro atoms. The number of carbonyl (C=O) groups is 1. The fourth-order valence-electron chi connectivity index (χ4n) is 2.92. The Morgan fingerprint density at radius 1 is 1.21 bits per heavy atom. The van der Waals surface area contributed by atoms with E-state index in [2.05, 4.69) is 5.32 Å². The lowest BCUT2D eigenvalue weighted by atomic mass is 10.1. The highest BCUT2D eigenvalue weighted by atomic mass is 19.1. The molecule has 2 aromatic rings. The molecular weight excluding hydrogens is 369 g/mol. The molecule has 148 valence electrons. The first-order valence-electron chi connectivity index (χ1n) is 8.63. The minimum absolute atomic E-state index is 0.0823. The van der Waals surface area contributed by atoms with Gasteiger partial charge in [0.05, 0.1) is 16.5 Å². The predicted molar refractivity (Wildman–Crippen MR) is 101 cm³/mol. The van der Waals surface area contributed by atoms with Gasteiger partial charge in [0.15, 0.2) is 11.5 Å². The summed E-state index contributed by atoms with van der Waals surface area (Å²) >= 11 is 0. The molecule has 1 atom stereocenters. The number of hydrogen-bond acceptors (Lipinski definition) is 6. The average Bonchev–Trinajstić information content (AvgIpc) is 2.66. The molecule has 28 heavy (non-hydrogen) atoms. The summed E-state index contributed by atoms with van der Waals surface area (Å²) in [4.78, 5) is 24.6. The zero-order valence-corrected chi connectivity index (χ0v) is 15.7. The molecule has 0 aromatic heterocycles. The van der Waals surface area contributed by atoms with Crippen molar-refractivity contribution in [3.05, 3.63) is 57.4 Å². The van der Waals surface area contributed by atoms with Crippen LogP contribution in [-0.4, -0.2) is 38.1 Å². The van der Waals surface area contributed by atoms with Crippen molar-refractivity contribution in [2.45, 2.75) is 13.0 Å². The van der Waals surface area contributed by atoms with Gasteiger partial charge in [-0.2, -0.15) is 0 Å². The maximum atomic E-state index is 14.4. The number of carbonyl (C=O) groups excluding carboxylic acids is 1. The normalized spacial score (nSPS) is 13.6. The van der Waals surface area contributed by atoms with Crippen LogP contribution in [0, 0.1) is 15.9 Å². The van der Waals surface area contributed by atoms with E-state index < -0.39 is 22.7 Å². The SMILES string of the molecule is C[C@H](NC(=O)c1cc([N+](=O)[O-])c(N(C)C)cc1F)c1ccc2c(c1)OCCO2. The molecule has 3 rings (SSSR count). The molecule has 0 radical (unpaired) electrons. The Morgan fingerprint density at radius 3 is 2.54 bits per heavy atom. The van der Waals surface area contributed by atoms with Gasteiger partial charge in [-0.3, -0.25) is 14.9 Å². The monoisotopic (exact) mass is 389 g/mol. The van der Waals surface area contributed by atoms with Gasteiger partial charge in [-0.1, -0.05) is 6.07 Å². The van der Waals surface area contributed by atoms with E-state index in [-0.39, 0.29) is 16.9 Å². The van der Waals surface area contributed by atoms with Gasteiger partial charge in [0.2, 0.25) is 0 Å². The van der Waals surface area contributed by atoms with E-state index in [0.717, 1.165) is 17.7 Å². The standard InChI is InChI=1S/C19H20FN3O5/c1-11(12-4-5-17-18(8-12)28-7-6-27-17)21-19(24)13-9-16(23(25)26)15(22(2)3)10-14(13)20/h4-5,8-11H,6-7H2,1-3H3,(H,21,24)/t11-/m0/s1. The molecule has 0 fully saturated rings. The van der Waals surface area contributed by atoms with Crippen LogP contribution in [0.2, 0.25) is 0 Å². The first kappa shape index (κ1) is 19.4. The van der Waals surface area contributed by atoms with E-state index in [9.17, 15) is 19.3 Å². The molecule has 8 nitrogen and oxygen atoms in total. The summed E-state index contributed by atoms with van der Waals surface area (Å²) in [5.41, 5.74) is 0.0848. The molecule has 0 unspecified atom stereocenters. The molecule has 2 aromatic carbocycles. The summed E-state index contributed by atoms with van der Waals surface area (Å²) in [7, 11) is 3.12. The largest absolute Gasteiger partial charge is 0.486 e. The first-order chi connectivity index (χ1) is 13.3. The first-order valence-corrected chi connectivity index (χ1v) is 8.63.